The minimum absolute atomic E-state index is 0.0371. The molecule has 128 valence electrons. The molecule has 0 aliphatic carbocycles. The monoisotopic (exact) mass is 346 g/mol. The van der Waals surface area contributed by atoms with Crippen LogP contribution in [0.5, 0.6) is 0 Å². The molecule has 0 atom stereocenters. The molecule has 1 N–H and O–H groups in total. The van der Waals surface area contributed by atoms with Gasteiger partial charge in [-0.25, -0.2) is 14.8 Å². The predicted octanol–water partition coefficient (Wildman–Crippen LogP) is 2.27. The van der Waals surface area contributed by atoms with E-state index in [0.717, 1.165) is 35.6 Å². The number of aryl methyl sites for hydroxylation is 1. The average molecular weight is 346 g/mol. The molecule has 0 saturated carbocycles. The van der Waals surface area contributed by atoms with Gasteiger partial charge in [0.05, 0.1) is 5.00 Å². The first kappa shape index (κ1) is 16.5. The van der Waals surface area contributed by atoms with Crippen LogP contribution in [0.4, 0.5) is 21.4 Å². The molecule has 0 unspecified atom stereocenters. The number of thiophene rings is 1. The van der Waals surface area contributed by atoms with Crippen molar-refractivity contribution in [2.45, 2.75) is 6.92 Å². The molecule has 1 aliphatic heterocycles. The van der Waals surface area contributed by atoms with Crippen molar-refractivity contribution < 1.29 is 4.79 Å². The summed E-state index contributed by atoms with van der Waals surface area (Å²) in [5, 5.41) is 5.76. The van der Waals surface area contributed by atoms with Gasteiger partial charge in [-0.1, -0.05) is 0 Å². The van der Waals surface area contributed by atoms with E-state index in [4.69, 9.17) is 0 Å². The number of carbonyl (C=O) groups excluding carboxylic acids is 1. The molecule has 0 spiro atoms. The fourth-order valence-corrected chi connectivity index (χ4v) is 3.21. The molecular weight excluding hydrogens is 324 g/mol. The van der Waals surface area contributed by atoms with Crippen LogP contribution < -0.4 is 15.1 Å². The largest absolute Gasteiger partial charge is 0.363 e. The number of piperazine rings is 1. The fourth-order valence-electron chi connectivity index (χ4n) is 2.60. The summed E-state index contributed by atoms with van der Waals surface area (Å²) in [6.07, 6.45) is 0. The van der Waals surface area contributed by atoms with Gasteiger partial charge in [0.1, 0.15) is 17.5 Å². The molecular formula is C16H22N6OS. The molecule has 8 heteroatoms. The lowest BCUT2D eigenvalue weighted by Gasteiger charge is -2.35. The van der Waals surface area contributed by atoms with Crippen molar-refractivity contribution in [3.05, 3.63) is 29.4 Å². The number of hydrogen-bond acceptors (Lipinski definition) is 6. The van der Waals surface area contributed by atoms with Crippen molar-refractivity contribution in [2.24, 2.45) is 0 Å². The molecule has 1 fully saturated rings. The van der Waals surface area contributed by atoms with E-state index in [9.17, 15) is 4.79 Å². The van der Waals surface area contributed by atoms with Crippen LogP contribution in [0.1, 0.15) is 5.82 Å². The number of nitrogens with zero attached hydrogens (tertiary/aromatic N) is 5. The van der Waals surface area contributed by atoms with Crippen molar-refractivity contribution in [1.29, 1.82) is 0 Å². The van der Waals surface area contributed by atoms with Crippen LogP contribution in [0.2, 0.25) is 0 Å². The highest BCUT2D eigenvalue weighted by Gasteiger charge is 2.22. The zero-order valence-electron chi connectivity index (χ0n) is 14.2. The van der Waals surface area contributed by atoms with Gasteiger partial charge in [0.15, 0.2) is 0 Å². The average Bonchev–Trinajstić information content (AvgIpc) is 3.07. The first-order chi connectivity index (χ1) is 11.5. The number of amides is 2. The fraction of sp³-hybridized carbons (Fsp3) is 0.438. The van der Waals surface area contributed by atoms with Gasteiger partial charge in [-0.2, -0.15) is 0 Å². The molecule has 0 bridgehead atoms. The second-order valence-electron chi connectivity index (χ2n) is 5.91. The summed E-state index contributed by atoms with van der Waals surface area (Å²) in [6, 6.07) is 5.79. The van der Waals surface area contributed by atoms with Crippen LogP contribution in [0, 0.1) is 6.92 Å². The highest BCUT2D eigenvalue weighted by Crippen LogP contribution is 2.20. The summed E-state index contributed by atoms with van der Waals surface area (Å²) >= 11 is 1.53. The van der Waals surface area contributed by atoms with E-state index in [1.807, 2.05) is 54.4 Å². The third kappa shape index (κ3) is 3.76. The minimum Gasteiger partial charge on any atom is -0.363 e. The lowest BCUT2D eigenvalue weighted by atomic mass is 10.3. The second-order valence-corrected chi connectivity index (χ2v) is 6.86. The van der Waals surface area contributed by atoms with Gasteiger partial charge in [-0.05, 0) is 24.4 Å². The van der Waals surface area contributed by atoms with E-state index in [0.29, 0.717) is 13.1 Å². The number of rotatable bonds is 3. The van der Waals surface area contributed by atoms with E-state index >= 15 is 0 Å². The van der Waals surface area contributed by atoms with Gasteiger partial charge < -0.3 is 14.7 Å². The van der Waals surface area contributed by atoms with E-state index < -0.39 is 0 Å². The van der Waals surface area contributed by atoms with E-state index in [1.54, 1.807) is 0 Å². The van der Waals surface area contributed by atoms with E-state index in [1.165, 1.54) is 11.3 Å². The molecule has 1 aliphatic rings. The summed E-state index contributed by atoms with van der Waals surface area (Å²) in [7, 11) is 3.94. The lowest BCUT2D eigenvalue weighted by Crippen LogP contribution is -2.50. The topological polar surface area (TPSA) is 64.6 Å². The van der Waals surface area contributed by atoms with E-state index in [-0.39, 0.29) is 6.03 Å². The first-order valence-corrected chi connectivity index (χ1v) is 8.78. The first-order valence-electron chi connectivity index (χ1n) is 7.90. The van der Waals surface area contributed by atoms with Crippen LogP contribution in [0.25, 0.3) is 0 Å². The van der Waals surface area contributed by atoms with Crippen LogP contribution in [0.3, 0.4) is 0 Å². The maximum absolute atomic E-state index is 12.3. The Morgan fingerprint density at radius 2 is 2.00 bits per heavy atom. The van der Waals surface area contributed by atoms with Gasteiger partial charge in [-0.15, -0.1) is 11.3 Å². The summed E-state index contributed by atoms with van der Waals surface area (Å²) < 4.78 is 0. The van der Waals surface area contributed by atoms with Crippen molar-refractivity contribution in [3.8, 4) is 0 Å². The highest BCUT2D eigenvalue weighted by atomic mass is 32.1. The van der Waals surface area contributed by atoms with Gasteiger partial charge in [0.25, 0.3) is 0 Å². The van der Waals surface area contributed by atoms with Gasteiger partial charge in [0, 0.05) is 46.3 Å². The second kappa shape index (κ2) is 7.04. The molecule has 3 rings (SSSR count). The molecule has 0 aromatic carbocycles. The number of hydrogen-bond donors (Lipinski definition) is 1. The summed E-state index contributed by atoms with van der Waals surface area (Å²) in [5.74, 6) is 2.58. The van der Waals surface area contributed by atoms with Crippen molar-refractivity contribution in [3.63, 3.8) is 0 Å². The molecule has 1 saturated heterocycles. The van der Waals surface area contributed by atoms with Crippen LogP contribution in [0.15, 0.2) is 23.6 Å². The third-order valence-corrected chi connectivity index (χ3v) is 4.70. The molecule has 2 amide bonds. The third-order valence-electron chi connectivity index (χ3n) is 3.91. The zero-order chi connectivity index (χ0) is 17.1. The van der Waals surface area contributed by atoms with Crippen LogP contribution >= 0.6 is 11.3 Å². The summed E-state index contributed by atoms with van der Waals surface area (Å²) in [5.41, 5.74) is 0. The Morgan fingerprint density at radius 3 is 2.62 bits per heavy atom. The quantitative estimate of drug-likeness (QED) is 0.924. The number of urea groups is 1. The highest BCUT2D eigenvalue weighted by molar-refractivity contribution is 7.14. The zero-order valence-corrected chi connectivity index (χ0v) is 15.0. The predicted molar refractivity (Wildman–Crippen MR) is 98.2 cm³/mol. The Kier molecular flexibility index (Phi) is 4.84. The maximum Gasteiger partial charge on any atom is 0.322 e. The van der Waals surface area contributed by atoms with E-state index in [2.05, 4.69) is 20.2 Å². The number of aromatic nitrogens is 2. The molecule has 24 heavy (non-hydrogen) atoms. The SMILES string of the molecule is Cc1nc(N(C)C)cc(N2CCN(C(=O)Nc3cccs3)CC2)n1. The number of anilines is 3. The molecule has 2 aromatic rings. The maximum atomic E-state index is 12.3. The van der Waals surface area contributed by atoms with Gasteiger partial charge in [-0.3, -0.25) is 5.32 Å². The Labute approximate surface area is 145 Å². The van der Waals surface area contributed by atoms with Gasteiger partial charge in [0.2, 0.25) is 0 Å². The number of carbonyl (C=O) groups is 1. The smallest absolute Gasteiger partial charge is 0.322 e. The Morgan fingerprint density at radius 1 is 1.25 bits per heavy atom. The molecule has 7 nitrogen and oxygen atoms in total. The molecule has 2 aromatic heterocycles. The van der Waals surface area contributed by atoms with Crippen LogP contribution in [-0.2, 0) is 0 Å². The number of nitrogens with one attached hydrogen (secondary N) is 1. The minimum atomic E-state index is -0.0371. The Bertz CT molecular complexity index is 695. The van der Waals surface area contributed by atoms with Crippen molar-refractivity contribution >= 4 is 34.0 Å². The van der Waals surface area contributed by atoms with Crippen molar-refractivity contribution in [1.82, 2.24) is 14.9 Å². The van der Waals surface area contributed by atoms with Gasteiger partial charge >= 0.3 is 6.03 Å². The Balaban J connectivity index is 1.61. The lowest BCUT2D eigenvalue weighted by molar-refractivity contribution is 0.208. The van der Waals surface area contributed by atoms with Crippen LogP contribution in [-0.4, -0.2) is 61.2 Å². The van der Waals surface area contributed by atoms with Crippen molar-refractivity contribution in [2.75, 3.05) is 55.4 Å². The summed E-state index contributed by atoms with van der Waals surface area (Å²) in [4.78, 5) is 27.3. The normalized spacial score (nSPS) is 14.6. The summed E-state index contributed by atoms with van der Waals surface area (Å²) in [6.45, 7) is 4.79. The molecule has 3 heterocycles. The Hall–Kier alpha value is -2.35. The standard InChI is InChI=1S/C16H22N6OS/c1-12-17-13(20(2)3)11-14(18-12)21-6-8-22(9-7-21)16(23)19-15-5-4-10-24-15/h4-5,10-11H,6-9H2,1-3H3,(H,19,23). The molecule has 0 radical (unpaired) electrons.